The molecule has 1 N–H and O–H groups in total. The molecule has 90 valence electrons. The van der Waals surface area contributed by atoms with Gasteiger partial charge in [-0.15, -0.1) is 11.3 Å². The molecule has 5 heteroatoms. The lowest BCUT2D eigenvalue weighted by Crippen LogP contribution is -2.18. The lowest BCUT2D eigenvalue weighted by atomic mass is 10.1. The molecule has 0 aliphatic heterocycles. The molecular formula is C12H13ClN2OS. The fraction of sp³-hybridized carbons (Fsp3) is 0.250. The third-order valence-corrected chi connectivity index (χ3v) is 3.38. The molecule has 3 nitrogen and oxygen atoms in total. The molecule has 0 saturated carbocycles. The molecule has 1 aromatic carbocycles. The Balaban J connectivity index is 2.21. The van der Waals surface area contributed by atoms with E-state index < -0.39 is 0 Å². The highest BCUT2D eigenvalue weighted by molar-refractivity contribution is 7.07. The number of benzene rings is 1. The van der Waals surface area contributed by atoms with Crippen molar-refractivity contribution >= 4 is 28.6 Å². The van der Waals surface area contributed by atoms with E-state index in [4.69, 9.17) is 11.6 Å². The van der Waals surface area contributed by atoms with Crippen LogP contribution in [0.3, 0.4) is 0 Å². The molecule has 0 amide bonds. The zero-order valence-electron chi connectivity index (χ0n) is 9.43. The van der Waals surface area contributed by atoms with Crippen molar-refractivity contribution in [3.63, 3.8) is 0 Å². The Bertz CT molecular complexity index is 487. The highest BCUT2D eigenvalue weighted by atomic mass is 35.5. The average Bonchev–Trinajstić information content (AvgIpc) is 2.81. The number of anilines is 1. The number of aliphatic hydroxyl groups is 1. The van der Waals surface area contributed by atoms with Crippen LogP contribution in [0.2, 0.25) is 5.02 Å². The van der Waals surface area contributed by atoms with E-state index in [9.17, 15) is 5.11 Å². The molecule has 17 heavy (non-hydrogen) atoms. The second-order valence-electron chi connectivity index (χ2n) is 3.77. The van der Waals surface area contributed by atoms with Gasteiger partial charge in [0, 0.05) is 28.7 Å². The van der Waals surface area contributed by atoms with Crippen molar-refractivity contribution in [3.05, 3.63) is 45.4 Å². The van der Waals surface area contributed by atoms with Crippen LogP contribution in [0.1, 0.15) is 11.3 Å². The lowest BCUT2D eigenvalue weighted by Gasteiger charge is -2.21. The van der Waals surface area contributed by atoms with Crippen LogP contribution in [0.5, 0.6) is 0 Å². The second kappa shape index (κ2) is 5.49. The number of aliphatic hydroxyl groups excluding tert-OH is 1. The van der Waals surface area contributed by atoms with Gasteiger partial charge in [0.2, 0.25) is 0 Å². The molecule has 0 aliphatic rings. The number of aromatic nitrogens is 1. The van der Waals surface area contributed by atoms with Crippen LogP contribution in [-0.2, 0) is 13.2 Å². The van der Waals surface area contributed by atoms with Crippen molar-refractivity contribution in [1.29, 1.82) is 0 Å². The van der Waals surface area contributed by atoms with Gasteiger partial charge in [0.25, 0.3) is 0 Å². The number of rotatable bonds is 4. The molecule has 2 rings (SSSR count). The Morgan fingerprint density at radius 2 is 2.29 bits per heavy atom. The maximum atomic E-state index is 9.32. The van der Waals surface area contributed by atoms with E-state index in [0.29, 0.717) is 5.02 Å². The van der Waals surface area contributed by atoms with Crippen molar-refractivity contribution in [1.82, 2.24) is 4.98 Å². The van der Waals surface area contributed by atoms with E-state index >= 15 is 0 Å². The summed E-state index contributed by atoms with van der Waals surface area (Å²) in [6.07, 6.45) is 0. The molecular weight excluding hydrogens is 256 g/mol. The molecule has 0 radical (unpaired) electrons. The van der Waals surface area contributed by atoms with Gasteiger partial charge in [-0.25, -0.2) is 4.98 Å². The molecule has 1 aromatic heterocycles. The number of thiazole rings is 1. The van der Waals surface area contributed by atoms with Crippen LogP contribution in [0, 0.1) is 0 Å². The van der Waals surface area contributed by atoms with Crippen molar-refractivity contribution in [2.75, 3.05) is 11.9 Å². The highest BCUT2D eigenvalue weighted by Crippen LogP contribution is 2.24. The van der Waals surface area contributed by atoms with Crippen molar-refractivity contribution in [3.8, 4) is 0 Å². The van der Waals surface area contributed by atoms with Gasteiger partial charge in [0.1, 0.15) is 0 Å². The van der Waals surface area contributed by atoms with Crippen LogP contribution in [-0.4, -0.2) is 17.1 Å². The van der Waals surface area contributed by atoms with Gasteiger partial charge in [-0.1, -0.05) is 11.6 Å². The highest BCUT2D eigenvalue weighted by Gasteiger charge is 2.08. The molecule has 0 unspecified atom stereocenters. The van der Waals surface area contributed by atoms with E-state index in [-0.39, 0.29) is 6.61 Å². The standard InChI is InChI=1S/C12H13ClN2OS/c1-15(5-11-7-17-8-14-11)12-3-2-10(13)4-9(12)6-16/h2-4,7-8,16H,5-6H2,1H3. The maximum absolute atomic E-state index is 9.32. The minimum atomic E-state index is -0.0166. The zero-order valence-corrected chi connectivity index (χ0v) is 11.0. The first-order valence-corrected chi connectivity index (χ1v) is 6.50. The summed E-state index contributed by atoms with van der Waals surface area (Å²) in [6, 6.07) is 5.53. The minimum Gasteiger partial charge on any atom is -0.392 e. The van der Waals surface area contributed by atoms with Gasteiger partial charge in [0.05, 0.1) is 24.4 Å². The quantitative estimate of drug-likeness (QED) is 0.926. The maximum Gasteiger partial charge on any atom is 0.0795 e. The van der Waals surface area contributed by atoms with Gasteiger partial charge in [-0.05, 0) is 18.2 Å². The summed E-state index contributed by atoms with van der Waals surface area (Å²) in [4.78, 5) is 6.30. The van der Waals surface area contributed by atoms with Crippen molar-refractivity contribution in [2.24, 2.45) is 0 Å². The zero-order chi connectivity index (χ0) is 12.3. The van der Waals surface area contributed by atoms with E-state index in [2.05, 4.69) is 9.88 Å². The summed E-state index contributed by atoms with van der Waals surface area (Å²) in [5.74, 6) is 0. The van der Waals surface area contributed by atoms with Crippen LogP contribution in [0.15, 0.2) is 29.1 Å². The first kappa shape index (κ1) is 12.4. The number of nitrogens with zero attached hydrogens (tertiary/aromatic N) is 2. The minimum absolute atomic E-state index is 0.0166. The summed E-state index contributed by atoms with van der Waals surface area (Å²) < 4.78 is 0. The first-order chi connectivity index (χ1) is 8.20. The Labute approximate surface area is 109 Å². The number of hydrogen-bond acceptors (Lipinski definition) is 4. The predicted molar refractivity (Wildman–Crippen MR) is 71.6 cm³/mol. The number of halogens is 1. The Morgan fingerprint density at radius 3 is 2.94 bits per heavy atom. The third-order valence-electron chi connectivity index (χ3n) is 2.51. The fourth-order valence-electron chi connectivity index (χ4n) is 1.70. The molecule has 0 fully saturated rings. The summed E-state index contributed by atoms with van der Waals surface area (Å²) in [7, 11) is 1.97. The van der Waals surface area contributed by atoms with Crippen LogP contribution in [0.25, 0.3) is 0 Å². The van der Waals surface area contributed by atoms with Crippen LogP contribution in [0.4, 0.5) is 5.69 Å². The lowest BCUT2D eigenvalue weighted by molar-refractivity contribution is 0.282. The largest absolute Gasteiger partial charge is 0.392 e. The molecule has 0 atom stereocenters. The third kappa shape index (κ3) is 2.97. The van der Waals surface area contributed by atoms with E-state index in [0.717, 1.165) is 23.5 Å². The topological polar surface area (TPSA) is 36.4 Å². The molecule has 0 aliphatic carbocycles. The Morgan fingerprint density at radius 1 is 1.47 bits per heavy atom. The monoisotopic (exact) mass is 268 g/mol. The van der Waals surface area contributed by atoms with Crippen LogP contribution >= 0.6 is 22.9 Å². The second-order valence-corrected chi connectivity index (χ2v) is 4.92. The van der Waals surface area contributed by atoms with Crippen LogP contribution < -0.4 is 4.90 Å². The average molecular weight is 269 g/mol. The fourth-order valence-corrected chi connectivity index (χ4v) is 2.44. The van der Waals surface area contributed by atoms with Gasteiger partial charge in [0.15, 0.2) is 0 Å². The van der Waals surface area contributed by atoms with E-state index in [1.165, 1.54) is 0 Å². The molecule has 0 spiro atoms. The van der Waals surface area contributed by atoms with Gasteiger partial charge >= 0.3 is 0 Å². The predicted octanol–water partition coefficient (Wildman–Crippen LogP) is 2.93. The molecule has 0 saturated heterocycles. The molecule has 1 heterocycles. The Hall–Kier alpha value is -1.10. The summed E-state index contributed by atoms with van der Waals surface area (Å²) in [5, 5.41) is 12.0. The molecule has 0 bridgehead atoms. The summed E-state index contributed by atoms with van der Waals surface area (Å²) >= 11 is 7.48. The van der Waals surface area contributed by atoms with Gasteiger partial charge < -0.3 is 10.0 Å². The normalized spacial score (nSPS) is 10.5. The van der Waals surface area contributed by atoms with Gasteiger partial charge in [-0.3, -0.25) is 0 Å². The first-order valence-electron chi connectivity index (χ1n) is 5.18. The summed E-state index contributed by atoms with van der Waals surface area (Å²) in [5.41, 5.74) is 4.65. The van der Waals surface area contributed by atoms with E-state index in [1.54, 1.807) is 17.4 Å². The Kier molecular flexibility index (Phi) is 3.99. The molecule has 2 aromatic rings. The van der Waals surface area contributed by atoms with Gasteiger partial charge in [-0.2, -0.15) is 0 Å². The van der Waals surface area contributed by atoms with Crippen molar-refractivity contribution in [2.45, 2.75) is 13.2 Å². The smallest absolute Gasteiger partial charge is 0.0795 e. The van der Waals surface area contributed by atoms with Crippen molar-refractivity contribution < 1.29 is 5.11 Å². The summed E-state index contributed by atoms with van der Waals surface area (Å²) in [6.45, 7) is 0.704. The number of hydrogen-bond donors (Lipinski definition) is 1. The SMILES string of the molecule is CN(Cc1cscn1)c1ccc(Cl)cc1CO. The van der Waals surface area contributed by atoms with E-state index in [1.807, 2.05) is 30.1 Å².